The minimum absolute atomic E-state index is 0.0354. The molecule has 0 aromatic heterocycles. The van der Waals surface area contributed by atoms with E-state index in [1.807, 2.05) is 41.3 Å². The highest BCUT2D eigenvalue weighted by atomic mass is 16.3. The number of aromatic hydroxyl groups is 1. The molecule has 0 fully saturated rings. The van der Waals surface area contributed by atoms with Crippen molar-refractivity contribution < 1.29 is 9.90 Å². The SMILES string of the molecule is CCCN(CCC)C(=O)C1=Cc2ccc(-c3ccc(O)cc3)cc2NC(N=NN)C1. The summed E-state index contributed by atoms with van der Waals surface area (Å²) in [5.74, 6) is 5.58. The normalized spacial score (nSPS) is 15.8. The predicted octanol–water partition coefficient (Wildman–Crippen LogP) is 4.56. The standard InChI is InChI=1S/C23H29N5O2/c1-3-11-28(12-4-2)23(30)19-13-18-6-5-17(16-7-9-20(29)10-8-16)14-21(18)25-22(15-19)26-27-24/h5-10,13-14,22,25,29H,3-4,11-12,15H2,1-2H3,(H2,24,26). The van der Waals surface area contributed by atoms with Gasteiger partial charge in [-0.1, -0.05) is 43.3 Å². The zero-order valence-electron chi connectivity index (χ0n) is 17.5. The maximum atomic E-state index is 13.2. The van der Waals surface area contributed by atoms with E-state index in [2.05, 4.69) is 29.5 Å². The zero-order chi connectivity index (χ0) is 21.5. The summed E-state index contributed by atoms with van der Waals surface area (Å²) in [6, 6.07) is 13.1. The fourth-order valence-electron chi connectivity index (χ4n) is 3.68. The topological polar surface area (TPSA) is 103 Å². The molecule has 0 bridgehead atoms. The van der Waals surface area contributed by atoms with Crippen molar-refractivity contribution in [3.8, 4) is 16.9 Å². The van der Waals surface area contributed by atoms with E-state index in [4.69, 9.17) is 5.84 Å². The number of fused-ring (bicyclic) bond motifs is 1. The van der Waals surface area contributed by atoms with Crippen LogP contribution in [0.1, 0.15) is 38.7 Å². The van der Waals surface area contributed by atoms with E-state index >= 15 is 0 Å². The van der Waals surface area contributed by atoms with Crippen molar-refractivity contribution in [1.29, 1.82) is 0 Å². The molecule has 0 saturated carbocycles. The summed E-state index contributed by atoms with van der Waals surface area (Å²) in [4.78, 5) is 15.1. The molecule has 1 aliphatic rings. The van der Waals surface area contributed by atoms with Crippen LogP contribution in [0.25, 0.3) is 17.2 Å². The van der Waals surface area contributed by atoms with Gasteiger partial charge in [0.1, 0.15) is 11.9 Å². The van der Waals surface area contributed by atoms with Gasteiger partial charge >= 0.3 is 0 Å². The van der Waals surface area contributed by atoms with Crippen molar-refractivity contribution in [2.45, 2.75) is 39.3 Å². The van der Waals surface area contributed by atoms with E-state index in [9.17, 15) is 9.90 Å². The van der Waals surface area contributed by atoms with Gasteiger partial charge in [0, 0.05) is 30.8 Å². The Kier molecular flexibility index (Phi) is 7.06. The van der Waals surface area contributed by atoms with Crippen LogP contribution in [0.2, 0.25) is 0 Å². The number of hydrogen-bond acceptors (Lipinski definition) is 5. The summed E-state index contributed by atoms with van der Waals surface area (Å²) in [6.07, 6.45) is 3.75. The van der Waals surface area contributed by atoms with Crippen LogP contribution >= 0.6 is 0 Å². The highest BCUT2D eigenvalue weighted by Gasteiger charge is 2.24. The van der Waals surface area contributed by atoms with Gasteiger partial charge in [0.05, 0.1) is 0 Å². The number of anilines is 1. The van der Waals surface area contributed by atoms with Gasteiger partial charge in [-0.25, -0.2) is 0 Å². The van der Waals surface area contributed by atoms with Crippen molar-refractivity contribution >= 4 is 17.7 Å². The Morgan fingerprint density at radius 3 is 2.43 bits per heavy atom. The quantitative estimate of drug-likeness (QED) is 0.356. The van der Waals surface area contributed by atoms with Gasteiger partial charge < -0.3 is 21.2 Å². The molecule has 0 aliphatic carbocycles. The van der Waals surface area contributed by atoms with Gasteiger partial charge in [-0.3, -0.25) is 4.79 Å². The molecule has 2 aromatic carbocycles. The van der Waals surface area contributed by atoms with E-state index in [0.717, 1.165) is 48.3 Å². The Hall–Kier alpha value is -3.35. The number of hydrogen-bond donors (Lipinski definition) is 3. The number of phenolic OH excluding ortho intramolecular Hbond substituents is 1. The highest BCUT2D eigenvalue weighted by Crippen LogP contribution is 2.32. The second kappa shape index (κ2) is 9.91. The lowest BCUT2D eigenvalue weighted by Gasteiger charge is -2.23. The second-order valence-corrected chi connectivity index (χ2v) is 7.41. The first-order valence-corrected chi connectivity index (χ1v) is 10.4. The smallest absolute Gasteiger partial charge is 0.249 e. The third kappa shape index (κ3) is 4.97. The molecule has 1 atom stereocenters. The number of nitrogens with one attached hydrogen (secondary N) is 1. The molecular formula is C23H29N5O2. The minimum Gasteiger partial charge on any atom is -0.508 e. The molecule has 30 heavy (non-hydrogen) atoms. The van der Waals surface area contributed by atoms with Gasteiger partial charge in [0.25, 0.3) is 0 Å². The monoisotopic (exact) mass is 407 g/mol. The number of nitrogens with zero attached hydrogens (tertiary/aromatic N) is 3. The van der Waals surface area contributed by atoms with Crippen molar-refractivity contribution in [3.63, 3.8) is 0 Å². The maximum Gasteiger partial charge on any atom is 0.249 e. The van der Waals surface area contributed by atoms with Gasteiger partial charge in [0.2, 0.25) is 5.91 Å². The van der Waals surface area contributed by atoms with Crippen molar-refractivity contribution in [1.82, 2.24) is 4.90 Å². The van der Waals surface area contributed by atoms with Gasteiger partial charge in [-0.2, -0.15) is 0 Å². The van der Waals surface area contributed by atoms with Gasteiger partial charge in [-0.05, 0) is 53.8 Å². The molecule has 0 saturated heterocycles. The fraction of sp³-hybridized carbons (Fsp3) is 0.348. The molecule has 7 nitrogen and oxygen atoms in total. The Morgan fingerprint density at radius 2 is 1.80 bits per heavy atom. The van der Waals surface area contributed by atoms with Gasteiger partial charge in [-0.15, -0.1) is 5.11 Å². The molecule has 1 aliphatic heterocycles. The summed E-state index contributed by atoms with van der Waals surface area (Å²) >= 11 is 0. The Labute approximate surface area is 177 Å². The van der Waals surface area contributed by atoms with E-state index in [1.165, 1.54) is 0 Å². The number of amides is 1. The van der Waals surface area contributed by atoms with Crippen LogP contribution < -0.4 is 11.2 Å². The molecule has 1 amide bonds. The number of carbonyl (C=O) groups is 1. The lowest BCUT2D eigenvalue weighted by atomic mass is 10.0. The zero-order valence-corrected chi connectivity index (χ0v) is 17.5. The van der Waals surface area contributed by atoms with Crippen LogP contribution in [-0.2, 0) is 4.79 Å². The first-order valence-electron chi connectivity index (χ1n) is 10.4. The maximum absolute atomic E-state index is 13.2. The van der Waals surface area contributed by atoms with E-state index in [-0.39, 0.29) is 11.7 Å². The summed E-state index contributed by atoms with van der Waals surface area (Å²) in [7, 11) is 0. The summed E-state index contributed by atoms with van der Waals surface area (Å²) in [5.41, 5.74) is 4.45. The number of nitrogens with two attached hydrogens (primary N) is 1. The molecule has 2 aromatic rings. The molecule has 3 rings (SSSR count). The van der Waals surface area contributed by atoms with Crippen LogP contribution in [0, 0.1) is 0 Å². The third-order valence-corrected chi connectivity index (χ3v) is 5.07. The first kappa shape index (κ1) is 21.4. The Bertz CT molecular complexity index is 931. The molecule has 0 spiro atoms. The van der Waals surface area contributed by atoms with Crippen LogP contribution in [0.5, 0.6) is 5.75 Å². The molecule has 1 unspecified atom stereocenters. The lowest BCUT2D eigenvalue weighted by molar-refractivity contribution is -0.127. The average molecular weight is 408 g/mol. The predicted molar refractivity (Wildman–Crippen MR) is 120 cm³/mol. The molecule has 158 valence electrons. The Balaban J connectivity index is 1.99. The van der Waals surface area contributed by atoms with Crippen molar-refractivity contribution in [2.24, 2.45) is 16.2 Å². The highest BCUT2D eigenvalue weighted by molar-refractivity contribution is 5.99. The van der Waals surface area contributed by atoms with Gasteiger partial charge in [0.15, 0.2) is 0 Å². The van der Waals surface area contributed by atoms with Crippen molar-refractivity contribution in [3.05, 3.63) is 53.6 Å². The van der Waals surface area contributed by atoms with Crippen LogP contribution in [0.3, 0.4) is 0 Å². The first-order chi connectivity index (χ1) is 14.5. The molecule has 1 heterocycles. The summed E-state index contributed by atoms with van der Waals surface area (Å²) in [5, 5.41) is 20.4. The van der Waals surface area contributed by atoms with E-state index in [0.29, 0.717) is 12.0 Å². The summed E-state index contributed by atoms with van der Waals surface area (Å²) in [6.45, 7) is 5.61. The van der Waals surface area contributed by atoms with Crippen molar-refractivity contribution in [2.75, 3.05) is 18.4 Å². The molecular weight excluding hydrogens is 378 g/mol. The third-order valence-electron chi connectivity index (χ3n) is 5.07. The largest absolute Gasteiger partial charge is 0.508 e. The Morgan fingerprint density at radius 1 is 1.13 bits per heavy atom. The van der Waals surface area contributed by atoms with Crippen LogP contribution in [-0.4, -0.2) is 35.2 Å². The number of benzene rings is 2. The second-order valence-electron chi connectivity index (χ2n) is 7.41. The number of rotatable bonds is 7. The fourth-order valence-corrected chi connectivity index (χ4v) is 3.68. The number of phenols is 1. The number of carbonyl (C=O) groups excluding carboxylic acids is 1. The molecule has 7 heteroatoms. The summed E-state index contributed by atoms with van der Waals surface area (Å²) < 4.78 is 0. The van der Waals surface area contributed by atoms with E-state index < -0.39 is 6.17 Å². The molecule has 4 N–H and O–H groups in total. The molecule has 0 radical (unpaired) electrons. The van der Waals surface area contributed by atoms with E-state index in [1.54, 1.807) is 12.1 Å². The average Bonchev–Trinajstić information content (AvgIpc) is 2.92. The lowest BCUT2D eigenvalue weighted by Crippen LogP contribution is -2.34. The van der Waals surface area contributed by atoms with Crippen LogP contribution in [0.4, 0.5) is 5.69 Å². The minimum atomic E-state index is -0.424. The van der Waals surface area contributed by atoms with Crippen LogP contribution in [0.15, 0.2) is 58.4 Å².